The Kier molecular flexibility index (Phi) is 5.55. The molecule has 0 amide bonds. The minimum atomic E-state index is 0.570. The SMILES string of the molecule is CCC(C)N1CCN(c2ccc(CCl)cc2Br)CC1. The van der Waals surface area contributed by atoms with Crippen LogP contribution >= 0.6 is 27.5 Å². The van der Waals surface area contributed by atoms with Gasteiger partial charge in [0.1, 0.15) is 0 Å². The van der Waals surface area contributed by atoms with Crippen molar-refractivity contribution in [1.29, 1.82) is 0 Å². The first-order valence-corrected chi connectivity index (χ1v) is 8.31. The van der Waals surface area contributed by atoms with E-state index in [2.05, 4.69) is 57.8 Å². The van der Waals surface area contributed by atoms with Gasteiger partial charge in [-0.05, 0) is 47.0 Å². The van der Waals surface area contributed by atoms with Crippen LogP contribution in [0.1, 0.15) is 25.8 Å². The van der Waals surface area contributed by atoms with Gasteiger partial charge in [0.15, 0.2) is 0 Å². The number of benzene rings is 1. The molecular formula is C15H22BrClN2. The fourth-order valence-electron chi connectivity index (χ4n) is 2.55. The maximum atomic E-state index is 5.87. The van der Waals surface area contributed by atoms with Crippen molar-refractivity contribution in [3.8, 4) is 0 Å². The molecular weight excluding hydrogens is 324 g/mol. The summed E-state index contributed by atoms with van der Waals surface area (Å²) in [4.78, 5) is 5.04. The van der Waals surface area contributed by atoms with Gasteiger partial charge in [-0.3, -0.25) is 4.90 Å². The zero-order valence-electron chi connectivity index (χ0n) is 11.7. The number of piperazine rings is 1. The molecule has 1 unspecified atom stereocenters. The van der Waals surface area contributed by atoms with E-state index in [1.165, 1.54) is 12.1 Å². The monoisotopic (exact) mass is 344 g/mol. The van der Waals surface area contributed by atoms with Gasteiger partial charge in [0, 0.05) is 42.6 Å². The average molecular weight is 346 g/mol. The summed E-state index contributed by atoms with van der Waals surface area (Å²) in [5.41, 5.74) is 2.45. The van der Waals surface area contributed by atoms with Crippen LogP contribution in [0.2, 0.25) is 0 Å². The lowest BCUT2D eigenvalue weighted by atomic mass is 10.1. The molecule has 2 rings (SSSR count). The third-order valence-corrected chi connectivity index (χ3v) is 4.98. The Morgan fingerprint density at radius 3 is 2.47 bits per heavy atom. The first-order chi connectivity index (χ1) is 9.15. The predicted molar refractivity (Wildman–Crippen MR) is 87.2 cm³/mol. The fourth-order valence-corrected chi connectivity index (χ4v) is 3.39. The van der Waals surface area contributed by atoms with Gasteiger partial charge in [-0.1, -0.05) is 13.0 Å². The minimum absolute atomic E-state index is 0.570. The molecule has 0 radical (unpaired) electrons. The van der Waals surface area contributed by atoms with E-state index < -0.39 is 0 Å². The maximum absolute atomic E-state index is 5.87. The van der Waals surface area contributed by atoms with Crippen LogP contribution in [-0.4, -0.2) is 37.1 Å². The van der Waals surface area contributed by atoms with Gasteiger partial charge in [-0.15, -0.1) is 11.6 Å². The van der Waals surface area contributed by atoms with Crippen molar-refractivity contribution in [2.45, 2.75) is 32.2 Å². The van der Waals surface area contributed by atoms with E-state index in [4.69, 9.17) is 11.6 Å². The Hall–Kier alpha value is -0.250. The zero-order valence-corrected chi connectivity index (χ0v) is 14.0. The van der Waals surface area contributed by atoms with E-state index in [1.807, 2.05) is 0 Å². The lowest BCUT2D eigenvalue weighted by Gasteiger charge is -2.39. The van der Waals surface area contributed by atoms with Gasteiger partial charge in [0.2, 0.25) is 0 Å². The van der Waals surface area contributed by atoms with Gasteiger partial charge in [0.05, 0.1) is 5.69 Å². The van der Waals surface area contributed by atoms with E-state index in [-0.39, 0.29) is 0 Å². The second-order valence-corrected chi connectivity index (χ2v) is 6.32. The topological polar surface area (TPSA) is 6.48 Å². The highest BCUT2D eigenvalue weighted by molar-refractivity contribution is 9.10. The van der Waals surface area contributed by atoms with Gasteiger partial charge in [0.25, 0.3) is 0 Å². The van der Waals surface area contributed by atoms with Gasteiger partial charge in [-0.25, -0.2) is 0 Å². The van der Waals surface area contributed by atoms with Crippen LogP contribution in [0.3, 0.4) is 0 Å². The highest BCUT2D eigenvalue weighted by atomic mass is 79.9. The minimum Gasteiger partial charge on any atom is -0.368 e. The van der Waals surface area contributed by atoms with Gasteiger partial charge in [-0.2, -0.15) is 0 Å². The van der Waals surface area contributed by atoms with Crippen LogP contribution in [0.25, 0.3) is 0 Å². The maximum Gasteiger partial charge on any atom is 0.0511 e. The highest BCUT2D eigenvalue weighted by Gasteiger charge is 2.21. The molecule has 0 aliphatic carbocycles. The first kappa shape index (κ1) is 15.1. The summed E-state index contributed by atoms with van der Waals surface area (Å²) < 4.78 is 1.16. The molecule has 1 aliphatic heterocycles. The molecule has 1 aromatic carbocycles. The summed E-state index contributed by atoms with van der Waals surface area (Å²) in [6.07, 6.45) is 1.23. The van der Waals surface area contributed by atoms with Crippen molar-refractivity contribution < 1.29 is 0 Å². The number of hydrogen-bond donors (Lipinski definition) is 0. The van der Waals surface area contributed by atoms with Crippen molar-refractivity contribution in [3.63, 3.8) is 0 Å². The molecule has 1 aromatic rings. The van der Waals surface area contributed by atoms with Crippen molar-refractivity contribution in [2.75, 3.05) is 31.1 Å². The molecule has 1 atom stereocenters. The quantitative estimate of drug-likeness (QED) is 0.758. The molecule has 0 bridgehead atoms. The Labute approximate surface area is 129 Å². The standard InChI is InChI=1S/C15H22BrClN2/c1-3-12(2)18-6-8-19(9-7-18)15-5-4-13(11-17)10-14(15)16/h4-5,10,12H,3,6-9,11H2,1-2H3. The van der Waals surface area contributed by atoms with Crippen LogP contribution < -0.4 is 4.90 Å². The molecule has 0 aromatic heterocycles. The van der Waals surface area contributed by atoms with Crippen LogP contribution in [0, 0.1) is 0 Å². The molecule has 106 valence electrons. The Morgan fingerprint density at radius 1 is 1.26 bits per heavy atom. The molecule has 1 fully saturated rings. The summed E-state index contributed by atoms with van der Waals surface area (Å²) >= 11 is 9.53. The first-order valence-electron chi connectivity index (χ1n) is 6.99. The molecule has 0 saturated carbocycles. The van der Waals surface area contributed by atoms with Crippen LogP contribution in [0.4, 0.5) is 5.69 Å². The smallest absolute Gasteiger partial charge is 0.0511 e. The number of alkyl halides is 1. The van der Waals surface area contributed by atoms with Gasteiger partial charge >= 0.3 is 0 Å². The van der Waals surface area contributed by atoms with Crippen LogP contribution in [-0.2, 0) is 5.88 Å². The van der Waals surface area contributed by atoms with Crippen LogP contribution in [0.5, 0.6) is 0 Å². The largest absolute Gasteiger partial charge is 0.368 e. The summed E-state index contributed by atoms with van der Waals surface area (Å²) in [6.45, 7) is 9.09. The van der Waals surface area contributed by atoms with Gasteiger partial charge < -0.3 is 4.90 Å². The summed E-state index contributed by atoms with van der Waals surface area (Å²) in [5.74, 6) is 0.570. The molecule has 1 aliphatic rings. The van der Waals surface area contributed by atoms with E-state index in [9.17, 15) is 0 Å². The third kappa shape index (κ3) is 3.65. The molecule has 0 N–H and O–H groups in total. The Balaban J connectivity index is 2.01. The second kappa shape index (κ2) is 6.96. The predicted octanol–water partition coefficient (Wildman–Crippen LogP) is 4.11. The van der Waals surface area contributed by atoms with E-state index in [0.717, 1.165) is 36.2 Å². The van der Waals surface area contributed by atoms with Crippen molar-refractivity contribution >= 4 is 33.2 Å². The molecule has 0 spiro atoms. The summed E-state index contributed by atoms with van der Waals surface area (Å²) in [5, 5.41) is 0. The number of hydrogen-bond acceptors (Lipinski definition) is 2. The van der Waals surface area contributed by atoms with Crippen molar-refractivity contribution in [3.05, 3.63) is 28.2 Å². The second-order valence-electron chi connectivity index (χ2n) is 5.20. The van der Waals surface area contributed by atoms with E-state index in [0.29, 0.717) is 11.9 Å². The third-order valence-electron chi connectivity index (χ3n) is 4.04. The average Bonchev–Trinajstić information content (AvgIpc) is 2.46. The molecule has 4 heteroatoms. The van der Waals surface area contributed by atoms with Crippen LogP contribution in [0.15, 0.2) is 22.7 Å². The number of anilines is 1. The lowest BCUT2D eigenvalue weighted by molar-refractivity contribution is 0.193. The zero-order chi connectivity index (χ0) is 13.8. The summed E-state index contributed by atoms with van der Waals surface area (Å²) in [7, 11) is 0. The van der Waals surface area contributed by atoms with Crippen molar-refractivity contribution in [1.82, 2.24) is 4.90 Å². The molecule has 19 heavy (non-hydrogen) atoms. The number of nitrogens with zero attached hydrogens (tertiary/aromatic N) is 2. The fraction of sp³-hybridized carbons (Fsp3) is 0.600. The lowest BCUT2D eigenvalue weighted by Crippen LogP contribution is -2.49. The number of rotatable bonds is 4. The number of halogens is 2. The summed E-state index contributed by atoms with van der Waals surface area (Å²) in [6, 6.07) is 7.13. The Bertz CT molecular complexity index is 417. The normalized spacial score (nSPS) is 18.6. The Morgan fingerprint density at radius 2 is 1.95 bits per heavy atom. The van der Waals surface area contributed by atoms with Crippen molar-refractivity contribution in [2.24, 2.45) is 0 Å². The molecule has 1 heterocycles. The van der Waals surface area contributed by atoms with E-state index in [1.54, 1.807) is 0 Å². The highest BCUT2D eigenvalue weighted by Crippen LogP contribution is 2.29. The molecule has 1 saturated heterocycles. The molecule has 2 nitrogen and oxygen atoms in total. The van der Waals surface area contributed by atoms with E-state index >= 15 is 0 Å².